The lowest BCUT2D eigenvalue weighted by Crippen LogP contribution is -2.15. The number of nitrogens with one attached hydrogen (secondary N) is 1. The van der Waals surface area contributed by atoms with Crippen LogP contribution in [0.3, 0.4) is 0 Å². The van der Waals surface area contributed by atoms with Gasteiger partial charge in [-0.2, -0.15) is 0 Å². The Labute approximate surface area is 193 Å². The van der Waals surface area contributed by atoms with Crippen LogP contribution in [0.1, 0.15) is 23.8 Å². The van der Waals surface area contributed by atoms with Crippen molar-refractivity contribution in [3.63, 3.8) is 0 Å². The Morgan fingerprint density at radius 3 is 3.00 bits per heavy atom. The van der Waals surface area contributed by atoms with Crippen LogP contribution in [0.5, 0.6) is 11.5 Å². The number of amides is 1. The highest BCUT2D eigenvalue weighted by Gasteiger charge is 2.24. The van der Waals surface area contributed by atoms with Gasteiger partial charge in [-0.25, -0.2) is 4.98 Å². The van der Waals surface area contributed by atoms with Gasteiger partial charge in [0.1, 0.15) is 22.7 Å². The second-order valence-electron chi connectivity index (χ2n) is 7.86. The number of benzene rings is 1. The van der Waals surface area contributed by atoms with Crippen LogP contribution in [-0.2, 0) is 17.6 Å². The molecule has 0 radical (unpaired) electrons. The minimum absolute atomic E-state index is 0.172. The number of aryl methyl sites for hydroxylation is 1. The lowest BCUT2D eigenvalue weighted by molar-refractivity contribution is -0.113. The molecule has 1 aliphatic rings. The van der Waals surface area contributed by atoms with Crippen molar-refractivity contribution < 1.29 is 14.3 Å². The highest BCUT2D eigenvalue weighted by molar-refractivity contribution is 7.99. The van der Waals surface area contributed by atoms with Crippen molar-refractivity contribution in [2.24, 2.45) is 5.92 Å². The largest absolute Gasteiger partial charge is 0.497 e. The van der Waals surface area contributed by atoms with E-state index in [1.54, 1.807) is 50.1 Å². The van der Waals surface area contributed by atoms with Gasteiger partial charge in [-0.05, 0) is 42.9 Å². The van der Waals surface area contributed by atoms with Gasteiger partial charge >= 0.3 is 0 Å². The second kappa shape index (κ2) is 8.59. The molecule has 3 aromatic heterocycles. The maximum absolute atomic E-state index is 12.6. The van der Waals surface area contributed by atoms with Crippen molar-refractivity contribution in [3.8, 4) is 11.5 Å². The topological polar surface area (TPSA) is 90.6 Å². The van der Waals surface area contributed by atoms with Gasteiger partial charge in [-0.3, -0.25) is 9.20 Å². The molecule has 1 amide bonds. The summed E-state index contributed by atoms with van der Waals surface area (Å²) >= 11 is 3.09. The van der Waals surface area contributed by atoms with Crippen LogP contribution in [0.25, 0.3) is 15.9 Å². The molecule has 0 fully saturated rings. The zero-order chi connectivity index (χ0) is 22.2. The number of aromatic nitrogens is 4. The van der Waals surface area contributed by atoms with Crippen molar-refractivity contribution in [1.82, 2.24) is 19.6 Å². The fourth-order valence-electron chi connectivity index (χ4n) is 4.05. The molecule has 1 atom stereocenters. The molecule has 166 valence electrons. The molecule has 1 aromatic carbocycles. The third-order valence-electron chi connectivity index (χ3n) is 5.68. The van der Waals surface area contributed by atoms with Crippen molar-refractivity contribution in [2.75, 3.05) is 25.3 Å². The van der Waals surface area contributed by atoms with E-state index in [4.69, 9.17) is 9.47 Å². The fourth-order valence-corrected chi connectivity index (χ4v) is 6.09. The summed E-state index contributed by atoms with van der Waals surface area (Å²) in [5.41, 5.74) is 2.75. The van der Waals surface area contributed by atoms with Crippen LogP contribution < -0.4 is 14.8 Å². The summed E-state index contributed by atoms with van der Waals surface area (Å²) in [7, 11) is 3.14. The van der Waals surface area contributed by atoms with E-state index < -0.39 is 0 Å². The number of hydrogen-bond acceptors (Lipinski definition) is 8. The number of anilines is 1. The summed E-state index contributed by atoms with van der Waals surface area (Å²) in [6, 6.07) is 5.27. The Morgan fingerprint density at radius 2 is 2.19 bits per heavy atom. The Kier molecular flexibility index (Phi) is 5.64. The normalized spacial score (nSPS) is 15.7. The molecule has 8 nitrogen and oxygen atoms in total. The summed E-state index contributed by atoms with van der Waals surface area (Å²) < 4.78 is 12.5. The molecule has 0 aliphatic heterocycles. The average Bonchev–Trinajstić information content (AvgIpc) is 3.37. The molecular formula is C22H23N5O3S2. The van der Waals surface area contributed by atoms with E-state index in [1.807, 2.05) is 4.40 Å². The summed E-state index contributed by atoms with van der Waals surface area (Å²) in [5.74, 6) is 1.92. The molecule has 0 saturated heterocycles. The van der Waals surface area contributed by atoms with Gasteiger partial charge in [0.15, 0.2) is 10.8 Å². The van der Waals surface area contributed by atoms with E-state index in [0.29, 0.717) is 28.3 Å². The van der Waals surface area contributed by atoms with Crippen LogP contribution in [0.4, 0.5) is 5.69 Å². The minimum atomic E-state index is -0.172. The van der Waals surface area contributed by atoms with Crippen molar-refractivity contribution in [2.45, 2.75) is 31.3 Å². The zero-order valence-electron chi connectivity index (χ0n) is 18.0. The monoisotopic (exact) mass is 469 g/mol. The average molecular weight is 470 g/mol. The zero-order valence-corrected chi connectivity index (χ0v) is 19.7. The van der Waals surface area contributed by atoms with Crippen LogP contribution in [0.2, 0.25) is 0 Å². The molecule has 10 heteroatoms. The quantitative estimate of drug-likeness (QED) is 0.423. The second-order valence-corrected chi connectivity index (χ2v) is 9.88. The van der Waals surface area contributed by atoms with Crippen molar-refractivity contribution in [1.29, 1.82) is 0 Å². The third-order valence-corrected chi connectivity index (χ3v) is 7.79. The third kappa shape index (κ3) is 3.77. The molecule has 4 aromatic rings. The standard InChI is InChI=1S/C22H23N5O3S2/c1-12-4-6-14-17(8-12)32-21-19(14)20-25-26-22(27(20)11-23-21)31-10-18(28)24-15-9-13(29-2)5-7-16(15)30-3/h5,7,9,11-12H,4,6,8,10H2,1-3H3,(H,24,28). The molecule has 1 aliphatic carbocycles. The molecule has 3 heterocycles. The predicted octanol–water partition coefficient (Wildman–Crippen LogP) is 4.21. The van der Waals surface area contributed by atoms with E-state index in [-0.39, 0.29) is 11.7 Å². The van der Waals surface area contributed by atoms with E-state index in [0.717, 1.165) is 28.7 Å². The Morgan fingerprint density at radius 1 is 1.31 bits per heavy atom. The van der Waals surface area contributed by atoms with E-state index in [9.17, 15) is 4.79 Å². The molecular weight excluding hydrogens is 446 g/mol. The van der Waals surface area contributed by atoms with Gasteiger partial charge in [0.2, 0.25) is 5.91 Å². The minimum Gasteiger partial charge on any atom is -0.497 e. The molecule has 0 spiro atoms. The first-order valence-electron chi connectivity index (χ1n) is 10.4. The van der Waals surface area contributed by atoms with Crippen LogP contribution >= 0.6 is 23.1 Å². The van der Waals surface area contributed by atoms with Gasteiger partial charge in [-0.1, -0.05) is 18.7 Å². The Bertz CT molecular complexity index is 1320. The van der Waals surface area contributed by atoms with Crippen LogP contribution in [0.15, 0.2) is 29.7 Å². The smallest absolute Gasteiger partial charge is 0.234 e. The number of hydrogen-bond donors (Lipinski definition) is 1. The lowest BCUT2D eigenvalue weighted by Gasteiger charge is -2.17. The lowest BCUT2D eigenvalue weighted by atomic mass is 9.89. The predicted molar refractivity (Wildman–Crippen MR) is 126 cm³/mol. The SMILES string of the molecule is COc1ccc(OC)c(NC(=O)CSc2nnc3c4c5c(sc4ncn23)CC(C)CC5)c1. The maximum atomic E-state index is 12.6. The number of carbonyl (C=O) groups is 1. The molecule has 1 unspecified atom stereocenters. The van der Waals surface area contributed by atoms with Gasteiger partial charge in [0.05, 0.1) is 31.0 Å². The van der Waals surface area contributed by atoms with E-state index >= 15 is 0 Å². The first-order valence-corrected chi connectivity index (χ1v) is 12.2. The van der Waals surface area contributed by atoms with Crippen molar-refractivity contribution in [3.05, 3.63) is 35.0 Å². The number of rotatable bonds is 6. The van der Waals surface area contributed by atoms with Gasteiger partial charge in [0.25, 0.3) is 0 Å². The highest BCUT2D eigenvalue weighted by Crippen LogP contribution is 2.39. The Hall–Kier alpha value is -2.85. The summed E-state index contributed by atoms with van der Waals surface area (Å²) in [6.07, 6.45) is 5.10. The molecule has 0 saturated carbocycles. The first kappa shape index (κ1) is 21.0. The molecule has 1 N–H and O–H groups in total. The number of fused-ring (bicyclic) bond motifs is 5. The highest BCUT2D eigenvalue weighted by atomic mass is 32.2. The first-order chi connectivity index (χ1) is 15.6. The molecule has 32 heavy (non-hydrogen) atoms. The number of thioether (sulfide) groups is 1. The Balaban J connectivity index is 1.36. The summed E-state index contributed by atoms with van der Waals surface area (Å²) in [5, 5.41) is 13.4. The summed E-state index contributed by atoms with van der Waals surface area (Å²) in [6.45, 7) is 2.30. The number of thiophene rings is 1. The van der Waals surface area contributed by atoms with Crippen LogP contribution in [0, 0.1) is 5.92 Å². The summed E-state index contributed by atoms with van der Waals surface area (Å²) in [4.78, 5) is 19.7. The van der Waals surface area contributed by atoms with Gasteiger partial charge < -0.3 is 14.8 Å². The van der Waals surface area contributed by atoms with Gasteiger partial charge in [0, 0.05) is 10.9 Å². The van der Waals surface area contributed by atoms with Crippen LogP contribution in [-0.4, -0.2) is 45.5 Å². The molecule has 0 bridgehead atoms. The maximum Gasteiger partial charge on any atom is 0.234 e. The fraction of sp³-hybridized carbons (Fsp3) is 0.364. The number of nitrogens with zero attached hydrogens (tertiary/aromatic N) is 4. The van der Waals surface area contributed by atoms with E-state index in [1.165, 1.54) is 28.6 Å². The van der Waals surface area contributed by atoms with Crippen molar-refractivity contribution >= 4 is 50.6 Å². The number of methoxy groups -OCH3 is 2. The molecule has 5 rings (SSSR count). The van der Waals surface area contributed by atoms with E-state index in [2.05, 4.69) is 27.4 Å². The number of carbonyl (C=O) groups excluding carboxylic acids is 1. The van der Waals surface area contributed by atoms with Gasteiger partial charge in [-0.15, -0.1) is 21.5 Å². The number of ether oxygens (including phenoxy) is 2.